The Bertz CT molecular complexity index is 822. The molecule has 0 saturated heterocycles. The second-order valence-corrected chi connectivity index (χ2v) is 7.36. The van der Waals surface area contributed by atoms with Gasteiger partial charge >= 0.3 is 0 Å². The van der Waals surface area contributed by atoms with Gasteiger partial charge < -0.3 is 15.7 Å². The van der Waals surface area contributed by atoms with Crippen LogP contribution in [0.2, 0.25) is 0 Å². The third-order valence-corrected chi connectivity index (χ3v) is 4.85. The lowest BCUT2D eigenvalue weighted by Crippen LogP contribution is -2.35. The molecule has 0 atom stereocenters. The van der Waals surface area contributed by atoms with Gasteiger partial charge in [0.1, 0.15) is 12.3 Å². The van der Waals surface area contributed by atoms with Crippen LogP contribution in [-0.4, -0.2) is 32.7 Å². The predicted molar refractivity (Wildman–Crippen MR) is 103 cm³/mol. The molecule has 0 aliphatic heterocycles. The minimum Gasteiger partial charge on any atom is -0.507 e. The molecule has 3 rings (SSSR count). The fourth-order valence-corrected chi connectivity index (χ4v) is 3.30. The van der Waals surface area contributed by atoms with Crippen LogP contribution < -0.4 is 10.6 Å². The van der Waals surface area contributed by atoms with E-state index in [1.807, 2.05) is 19.9 Å². The molecular formula is C20H26N4O3. The summed E-state index contributed by atoms with van der Waals surface area (Å²) in [5, 5.41) is 19.9. The Morgan fingerprint density at radius 1 is 1.30 bits per heavy atom. The van der Waals surface area contributed by atoms with Gasteiger partial charge in [-0.3, -0.25) is 14.3 Å². The normalized spacial score (nSPS) is 14.5. The maximum atomic E-state index is 12.4. The first kappa shape index (κ1) is 18.9. The summed E-state index contributed by atoms with van der Waals surface area (Å²) in [5.74, 6) is -0.286. The van der Waals surface area contributed by atoms with Crippen LogP contribution in [0.15, 0.2) is 30.6 Å². The lowest BCUT2D eigenvalue weighted by atomic mass is 10.0. The summed E-state index contributed by atoms with van der Waals surface area (Å²) in [4.78, 5) is 24.5. The van der Waals surface area contributed by atoms with Crippen molar-refractivity contribution in [3.63, 3.8) is 0 Å². The number of hydrogen-bond acceptors (Lipinski definition) is 4. The molecule has 3 N–H and O–H groups in total. The Hall–Kier alpha value is -2.83. The molecule has 2 aromatic rings. The maximum Gasteiger partial charge on any atom is 0.259 e. The molecule has 2 amide bonds. The smallest absolute Gasteiger partial charge is 0.259 e. The van der Waals surface area contributed by atoms with Gasteiger partial charge in [-0.05, 0) is 36.5 Å². The number of carbonyl (C=O) groups excluding carboxylic acids is 2. The molecule has 0 spiro atoms. The molecule has 0 bridgehead atoms. The van der Waals surface area contributed by atoms with Gasteiger partial charge in [-0.25, -0.2) is 0 Å². The van der Waals surface area contributed by atoms with Crippen LogP contribution in [0.4, 0.5) is 5.69 Å². The van der Waals surface area contributed by atoms with Gasteiger partial charge in [0.25, 0.3) is 5.91 Å². The van der Waals surface area contributed by atoms with Gasteiger partial charge in [0, 0.05) is 12.2 Å². The quantitative estimate of drug-likeness (QED) is 0.728. The summed E-state index contributed by atoms with van der Waals surface area (Å²) in [7, 11) is 0. The van der Waals surface area contributed by atoms with E-state index >= 15 is 0 Å². The average Bonchev–Trinajstić information content (AvgIpc) is 3.26. The largest absolute Gasteiger partial charge is 0.507 e. The molecule has 1 aromatic heterocycles. The van der Waals surface area contributed by atoms with E-state index in [4.69, 9.17) is 0 Å². The number of amides is 2. The van der Waals surface area contributed by atoms with Gasteiger partial charge in [-0.1, -0.05) is 32.8 Å². The van der Waals surface area contributed by atoms with E-state index in [2.05, 4.69) is 15.7 Å². The molecule has 1 saturated carbocycles. The summed E-state index contributed by atoms with van der Waals surface area (Å²) < 4.78 is 1.49. The fourth-order valence-electron chi connectivity index (χ4n) is 3.30. The molecule has 1 aliphatic rings. The first-order chi connectivity index (χ1) is 12.9. The van der Waals surface area contributed by atoms with Gasteiger partial charge in [0.2, 0.25) is 5.91 Å². The highest BCUT2D eigenvalue weighted by Gasteiger charge is 2.18. The maximum absolute atomic E-state index is 12.4. The van der Waals surface area contributed by atoms with Crippen LogP contribution >= 0.6 is 0 Å². The van der Waals surface area contributed by atoms with E-state index < -0.39 is 5.91 Å². The number of phenolic OH excluding ortho intramolecular Hbond substituents is 1. The molecule has 1 heterocycles. The fraction of sp³-hybridized carbons (Fsp3) is 0.450. The zero-order valence-electron chi connectivity index (χ0n) is 15.7. The number of benzene rings is 1. The number of anilines is 1. The van der Waals surface area contributed by atoms with E-state index in [1.54, 1.807) is 18.3 Å². The molecule has 1 aromatic carbocycles. The Labute approximate surface area is 158 Å². The SMILES string of the molecule is CC(C)c1ccc(C(=O)Nc2cnn(CC(=O)NC3CCCC3)c2)c(O)c1. The minimum atomic E-state index is -0.419. The standard InChI is InChI=1S/C20H26N4O3/c1-13(2)14-7-8-17(18(25)9-14)20(27)23-16-10-21-24(11-16)12-19(26)22-15-5-3-4-6-15/h7-11,13,15,25H,3-6,12H2,1-2H3,(H,22,26)(H,23,27). The third kappa shape index (κ3) is 4.87. The Kier molecular flexibility index (Phi) is 5.78. The van der Waals surface area contributed by atoms with Gasteiger partial charge in [0.05, 0.1) is 17.4 Å². The third-order valence-electron chi connectivity index (χ3n) is 4.85. The van der Waals surface area contributed by atoms with Gasteiger partial charge in [-0.2, -0.15) is 5.10 Å². The highest BCUT2D eigenvalue weighted by Crippen LogP contribution is 2.24. The van der Waals surface area contributed by atoms with Crippen LogP contribution in [0.25, 0.3) is 0 Å². The number of hydrogen-bond donors (Lipinski definition) is 3. The van der Waals surface area contributed by atoms with E-state index in [1.165, 1.54) is 10.9 Å². The van der Waals surface area contributed by atoms with Crippen LogP contribution in [0.1, 0.15) is 61.4 Å². The highest BCUT2D eigenvalue weighted by molar-refractivity contribution is 6.06. The van der Waals surface area contributed by atoms with Crippen molar-refractivity contribution in [3.05, 3.63) is 41.7 Å². The van der Waals surface area contributed by atoms with Gasteiger partial charge in [-0.15, -0.1) is 0 Å². The van der Waals surface area contributed by atoms with Crippen LogP contribution in [0.5, 0.6) is 5.75 Å². The molecule has 1 fully saturated rings. The first-order valence-electron chi connectivity index (χ1n) is 9.38. The molecule has 7 nitrogen and oxygen atoms in total. The summed E-state index contributed by atoms with van der Waals surface area (Å²) >= 11 is 0. The average molecular weight is 370 g/mol. The lowest BCUT2D eigenvalue weighted by molar-refractivity contribution is -0.122. The predicted octanol–water partition coefficient (Wildman–Crippen LogP) is 3.02. The number of phenols is 1. The van der Waals surface area contributed by atoms with Crippen molar-refractivity contribution in [3.8, 4) is 5.75 Å². The van der Waals surface area contributed by atoms with Crippen LogP contribution in [0.3, 0.4) is 0 Å². The molecule has 27 heavy (non-hydrogen) atoms. The van der Waals surface area contributed by atoms with Crippen molar-refractivity contribution in [2.24, 2.45) is 0 Å². The lowest BCUT2D eigenvalue weighted by Gasteiger charge is -2.11. The number of nitrogens with one attached hydrogen (secondary N) is 2. The molecule has 144 valence electrons. The van der Waals surface area contributed by atoms with E-state index in [9.17, 15) is 14.7 Å². The van der Waals surface area contributed by atoms with Crippen molar-refractivity contribution < 1.29 is 14.7 Å². The number of aromatic nitrogens is 2. The topological polar surface area (TPSA) is 96.2 Å². The molecule has 0 radical (unpaired) electrons. The first-order valence-corrected chi connectivity index (χ1v) is 9.38. The summed E-state index contributed by atoms with van der Waals surface area (Å²) in [6.45, 7) is 4.15. The molecule has 1 aliphatic carbocycles. The van der Waals surface area contributed by atoms with E-state index in [0.29, 0.717) is 5.69 Å². The monoisotopic (exact) mass is 370 g/mol. The summed E-state index contributed by atoms with van der Waals surface area (Å²) in [6.07, 6.45) is 7.48. The van der Waals surface area contributed by atoms with Crippen LogP contribution in [0, 0.1) is 0 Å². The molecule has 0 unspecified atom stereocenters. The second-order valence-electron chi connectivity index (χ2n) is 7.36. The summed E-state index contributed by atoms with van der Waals surface area (Å²) in [5.41, 5.74) is 1.64. The number of carbonyl (C=O) groups is 2. The van der Waals surface area contributed by atoms with E-state index in [0.717, 1.165) is 31.2 Å². The molecule has 7 heteroatoms. The zero-order valence-corrected chi connectivity index (χ0v) is 15.7. The van der Waals surface area contributed by atoms with Crippen molar-refractivity contribution in [2.45, 2.75) is 58.0 Å². The number of nitrogens with zero attached hydrogens (tertiary/aromatic N) is 2. The Morgan fingerprint density at radius 2 is 2.04 bits per heavy atom. The summed E-state index contributed by atoms with van der Waals surface area (Å²) in [6, 6.07) is 5.32. The van der Waals surface area contributed by atoms with Crippen molar-refractivity contribution in [1.82, 2.24) is 15.1 Å². The zero-order chi connectivity index (χ0) is 19.4. The molecular weight excluding hydrogens is 344 g/mol. The second kappa shape index (κ2) is 8.24. The van der Waals surface area contributed by atoms with Crippen LogP contribution in [-0.2, 0) is 11.3 Å². The Morgan fingerprint density at radius 3 is 2.70 bits per heavy atom. The van der Waals surface area contributed by atoms with Crippen molar-refractivity contribution in [1.29, 1.82) is 0 Å². The van der Waals surface area contributed by atoms with Crippen molar-refractivity contribution >= 4 is 17.5 Å². The van der Waals surface area contributed by atoms with E-state index in [-0.39, 0.29) is 35.7 Å². The number of aromatic hydroxyl groups is 1. The minimum absolute atomic E-state index is 0.0537. The Balaban J connectivity index is 1.58. The van der Waals surface area contributed by atoms with Gasteiger partial charge in [0.15, 0.2) is 0 Å². The highest BCUT2D eigenvalue weighted by atomic mass is 16.3. The number of rotatable bonds is 6. The van der Waals surface area contributed by atoms with Crippen molar-refractivity contribution in [2.75, 3.05) is 5.32 Å².